The predicted molar refractivity (Wildman–Crippen MR) is 87.7 cm³/mol. The molecule has 114 valence electrons. The van der Waals surface area contributed by atoms with Crippen molar-refractivity contribution >= 4 is 17.5 Å². The Morgan fingerprint density at radius 1 is 1.32 bits per heavy atom. The summed E-state index contributed by atoms with van der Waals surface area (Å²) in [5.41, 5.74) is 2.73. The lowest BCUT2D eigenvalue weighted by Gasteiger charge is -2.11. The number of fused-ring (bicyclic) bond motifs is 1. The minimum Gasteiger partial charge on any atom is -0.489 e. The molecule has 1 atom stereocenters. The highest BCUT2D eigenvalue weighted by Gasteiger charge is 2.25. The van der Waals surface area contributed by atoms with Gasteiger partial charge in [0.25, 0.3) is 5.91 Å². The number of rotatable bonds is 4. The quantitative estimate of drug-likeness (QED) is 0.935. The molecule has 1 aliphatic rings. The van der Waals surface area contributed by atoms with Gasteiger partial charge in [0.1, 0.15) is 11.9 Å². The van der Waals surface area contributed by atoms with Crippen LogP contribution in [0.15, 0.2) is 42.5 Å². The Labute approximate surface area is 135 Å². The summed E-state index contributed by atoms with van der Waals surface area (Å²) < 4.78 is 5.76. The smallest absolute Gasteiger partial charge is 0.255 e. The van der Waals surface area contributed by atoms with Crippen molar-refractivity contribution in [2.45, 2.75) is 25.9 Å². The molecule has 0 spiro atoms. The summed E-state index contributed by atoms with van der Waals surface area (Å²) in [5, 5.41) is 3.52. The Morgan fingerprint density at radius 2 is 2.09 bits per heavy atom. The Balaban J connectivity index is 1.68. The third kappa shape index (κ3) is 3.25. The third-order valence-corrected chi connectivity index (χ3v) is 3.96. The maximum absolute atomic E-state index is 12.4. The zero-order valence-corrected chi connectivity index (χ0v) is 13.2. The minimum absolute atomic E-state index is 0.0873. The van der Waals surface area contributed by atoms with Crippen LogP contribution in [-0.2, 0) is 12.8 Å². The first-order valence-corrected chi connectivity index (χ1v) is 7.82. The zero-order chi connectivity index (χ0) is 15.5. The molecule has 0 saturated heterocycles. The monoisotopic (exact) mass is 315 g/mol. The van der Waals surface area contributed by atoms with Crippen molar-refractivity contribution in [2.24, 2.45) is 0 Å². The molecule has 1 heterocycles. The van der Waals surface area contributed by atoms with Crippen molar-refractivity contribution < 1.29 is 9.53 Å². The van der Waals surface area contributed by atoms with Crippen molar-refractivity contribution in [1.29, 1.82) is 0 Å². The molecule has 0 unspecified atom stereocenters. The molecular weight excluding hydrogens is 298 g/mol. The van der Waals surface area contributed by atoms with E-state index < -0.39 is 0 Å². The van der Waals surface area contributed by atoms with E-state index in [2.05, 4.69) is 5.32 Å². The van der Waals surface area contributed by atoms with E-state index in [4.69, 9.17) is 16.3 Å². The highest BCUT2D eigenvalue weighted by molar-refractivity contribution is 6.31. The fourth-order valence-electron chi connectivity index (χ4n) is 2.72. The lowest BCUT2D eigenvalue weighted by Crippen LogP contribution is -2.26. The van der Waals surface area contributed by atoms with Crippen LogP contribution in [0.1, 0.15) is 28.4 Å². The number of ether oxygens (including phenoxy) is 1. The largest absolute Gasteiger partial charge is 0.489 e. The van der Waals surface area contributed by atoms with Gasteiger partial charge >= 0.3 is 0 Å². The van der Waals surface area contributed by atoms with Gasteiger partial charge < -0.3 is 10.1 Å². The number of carbonyl (C=O) groups excluding carboxylic acids is 1. The van der Waals surface area contributed by atoms with Crippen LogP contribution in [0.4, 0.5) is 0 Å². The Kier molecular flexibility index (Phi) is 4.34. The predicted octanol–water partition coefficient (Wildman–Crippen LogP) is 3.64. The van der Waals surface area contributed by atoms with Gasteiger partial charge in [-0.25, -0.2) is 0 Å². The van der Waals surface area contributed by atoms with Crippen LogP contribution in [0.25, 0.3) is 0 Å². The van der Waals surface area contributed by atoms with Crippen molar-refractivity contribution in [3.8, 4) is 5.75 Å². The molecule has 1 aliphatic heterocycles. The summed E-state index contributed by atoms with van der Waals surface area (Å²) in [6, 6.07) is 13.6. The maximum Gasteiger partial charge on any atom is 0.255 e. The van der Waals surface area contributed by atoms with Crippen molar-refractivity contribution in [3.05, 3.63) is 64.2 Å². The molecule has 0 aliphatic carbocycles. The van der Waals surface area contributed by atoms with Crippen molar-refractivity contribution in [1.82, 2.24) is 5.32 Å². The first-order chi connectivity index (χ1) is 10.6. The van der Waals surface area contributed by atoms with E-state index in [1.807, 2.05) is 43.3 Å². The van der Waals surface area contributed by atoms with Gasteiger partial charge in [0.05, 0.1) is 5.56 Å². The van der Waals surface area contributed by atoms with E-state index >= 15 is 0 Å². The molecule has 22 heavy (non-hydrogen) atoms. The van der Waals surface area contributed by atoms with Crippen molar-refractivity contribution in [2.75, 3.05) is 6.54 Å². The van der Waals surface area contributed by atoms with E-state index in [1.165, 1.54) is 5.56 Å². The van der Waals surface area contributed by atoms with Gasteiger partial charge in [0.15, 0.2) is 0 Å². The van der Waals surface area contributed by atoms with E-state index in [1.54, 1.807) is 6.07 Å². The summed E-state index contributed by atoms with van der Waals surface area (Å²) in [4.78, 5) is 12.4. The molecule has 0 saturated carbocycles. The molecule has 0 radical (unpaired) electrons. The number of amides is 1. The third-order valence-electron chi connectivity index (χ3n) is 3.74. The van der Waals surface area contributed by atoms with Crippen LogP contribution in [0.2, 0.25) is 5.02 Å². The average Bonchev–Trinajstić information content (AvgIpc) is 2.87. The molecule has 0 bridgehead atoms. The zero-order valence-electron chi connectivity index (χ0n) is 12.4. The number of carbonyl (C=O) groups is 1. The second-order valence-corrected chi connectivity index (χ2v) is 6.00. The van der Waals surface area contributed by atoms with E-state index in [9.17, 15) is 4.79 Å². The maximum atomic E-state index is 12.4. The lowest BCUT2D eigenvalue weighted by molar-refractivity contribution is 0.0949. The second kappa shape index (κ2) is 6.41. The number of halogens is 1. The normalized spacial score (nSPS) is 16.0. The molecular formula is C18H18ClNO2. The number of nitrogens with one attached hydrogen (secondary N) is 1. The molecule has 2 aromatic carbocycles. The van der Waals surface area contributed by atoms with Gasteiger partial charge in [-0.15, -0.1) is 0 Å². The molecule has 3 nitrogen and oxygen atoms in total. The fraction of sp³-hybridized carbons (Fsp3) is 0.278. The van der Waals surface area contributed by atoms with Crippen LogP contribution in [-0.4, -0.2) is 18.6 Å². The highest BCUT2D eigenvalue weighted by atomic mass is 35.5. The van der Waals surface area contributed by atoms with Crippen LogP contribution in [0.5, 0.6) is 5.75 Å². The van der Waals surface area contributed by atoms with Crippen LogP contribution in [0.3, 0.4) is 0 Å². The number of hydrogen-bond donors (Lipinski definition) is 1. The summed E-state index contributed by atoms with van der Waals surface area (Å²) in [7, 11) is 0. The van der Waals surface area contributed by atoms with E-state index in [0.717, 1.165) is 18.4 Å². The molecule has 2 aromatic rings. The van der Waals surface area contributed by atoms with Gasteiger partial charge in [-0.3, -0.25) is 4.79 Å². The fourth-order valence-corrected chi connectivity index (χ4v) is 2.96. The standard InChI is InChI=1S/C18H18ClNO2/c1-12-9-14-10-15(19)11-16(17(14)22-12)18(21)20-8-7-13-5-3-2-4-6-13/h2-6,10-12H,7-9H2,1H3,(H,20,21)/t12-/m1/s1. The number of benzene rings is 2. The summed E-state index contributed by atoms with van der Waals surface area (Å²) >= 11 is 6.11. The molecule has 1 amide bonds. The van der Waals surface area contributed by atoms with E-state index in [-0.39, 0.29) is 12.0 Å². The number of hydrogen-bond acceptors (Lipinski definition) is 2. The van der Waals surface area contributed by atoms with Gasteiger partial charge in [-0.1, -0.05) is 41.9 Å². The van der Waals surface area contributed by atoms with Crippen LogP contribution in [0, 0.1) is 0 Å². The molecule has 4 heteroatoms. The van der Waals surface area contributed by atoms with E-state index in [0.29, 0.717) is 22.9 Å². The Bertz CT molecular complexity index is 685. The van der Waals surface area contributed by atoms with Crippen LogP contribution < -0.4 is 10.1 Å². The first-order valence-electron chi connectivity index (χ1n) is 7.44. The molecule has 3 rings (SSSR count). The summed E-state index contributed by atoms with van der Waals surface area (Å²) in [6.07, 6.45) is 1.68. The minimum atomic E-state index is -0.135. The van der Waals surface area contributed by atoms with Gasteiger partial charge in [0.2, 0.25) is 0 Å². The van der Waals surface area contributed by atoms with Gasteiger partial charge in [-0.2, -0.15) is 0 Å². The topological polar surface area (TPSA) is 38.3 Å². The summed E-state index contributed by atoms with van der Waals surface area (Å²) in [5.74, 6) is 0.540. The SMILES string of the molecule is C[C@@H]1Cc2cc(Cl)cc(C(=O)NCCc3ccccc3)c2O1. The first kappa shape index (κ1) is 14.9. The Hall–Kier alpha value is -2.00. The lowest BCUT2D eigenvalue weighted by atomic mass is 10.1. The van der Waals surface area contributed by atoms with Crippen molar-refractivity contribution in [3.63, 3.8) is 0 Å². The van der Waals surface area contributed by atoms with Gasteiger partial charge in [0, 0.05) is 23.6 Å². The highest BCUT2D eigenvalue weighted by Crippen LogP contribution is 2.35. The molecule has 0 fully saturated rings. The average molecular weight is 316 g/mol. The Morgan fingerprint density at radius 3 is 2.86 bits per heavy atom. The second-order valence-electron chi connectivity index (χ2n) is 5.57. The van der Waals surface area contributed by atoms with Crippen LogP contribution >= 0.6 is 11.6 Å². The molecule has 0 aromatic heterocycles. The van der Waals surface area contributed by atoms with Gasteiger partial charge in [-0.05, 0) is 31.0 Å². The summed E-state index contributed by atoms with van der Waals surface area (Å²) in [6.45, 7) is 2.57. The molecule has 1 N–H and O–H groups in total.